The molecule has 1 aliphatic rings. The van der Waals surface area contributed by atoms with Gasteiger partial charge in [0, 0.05) is 12.1 Å². The molecule has 1 aliphatic carbocycles. The molecule has 0 aliphatic heterocycles. The van der Waals surface area contributed by atoms with E-state index < -0.39 is 0 Å². The van der Waals surface area contributed by atoms with Gasteiger partial charge in [-0.3, -0.25) is 4.79 Å². The zero-order valence-corrected chi connectivity index (χ0v) is 10.7. The monoisotopic (exact) mass is 226 g/mol. The van der Waals surface area contributed by atoms with E-state index in [0.29, 0.717) is 6.04 Å². The molecule has 0 aromatic carbocycles. The van der Waals surface area contributed by atoms with Gasteiger partial charge in [-0.25, -0.2) is 0 Å². The second-order valence-electron chi connectivity index (χ2n) is 4.93. The fraction of sp³-hybridized carbons (Fsp3) is 0.923. The van der Waals surface area contributed by atoms with Crippen molar-refractivity contribution >= 4 is 5.91 Å². The molecular weight excluding hydrogens is 200 g/mol. The minimum absolute atomic E-state index is 0.0445. The third kappa shape index (κ3) is 3.78. The molecule has 0 aromatic heterocycles. The van der Waals surface area contributed by atoms with E-state index in [-0.39, 0.29) is 17.9 Å². The van der Waals surface area contributed by atoms with Gasteiger partial charge in [-0.1, -0.05) is 33.1 Å². The van der Waals surface area contributed by atoms with E-state index in [9.17, 15) is 4.79 Å². The lowest BCUT2D eigenvalue weighted by Gasteiger charge is -2.23. The minimum atomic E-state index is 0.0445. The number of nitrogens with two attached hydrogens (primary N) is 1. The molecular formula is C13H26N2O. The van der Waals surface area contributed by atoms with E-state index in [1.165, 1.54) is 12.8 Å². The molecule has 3 nitrogen and oxygen atoms in total. The number of hydrogen-bond acceptors (Lipinski definition) is 2. The van der Waals surface area contributed by atoms with Crippen LogP contribution in [0.25, 0.3) is 0 Å². The van der Waals surface area contributed by atoms with E-state index in [1.54, 1.807) is 0 Å². The van der Waals surface area contributed by atoms with Gasteiger partial charge in [-0.2, -0.15) is 0 Å². The second-order valence-corrected chi connectivity index (χ2v) is 4.93. The number of carbonyl (C=O) groups is 1. The normalized spacial score (nSPS) is 26.5. The van der Waals surface area contributed by atoms with Crippen LogP contribution in [0, 0.1) is 5.92 Å². The molecule has 0 radical (unpaired) electrons. The van der Waals surface area contributed by atoms with Gasteiger partial charge in [0.15, 0.2) is 0 Å². The molecule has 0 aromatic rings. The third-order valence-corrected chi connectivity index (χ3v) is 3.74. The van der Waals surface area contributed by atoms with E-state index in [2.05, 4.69) is 19.2 Å². The summed E-state index contributed by atoms with van der Waals surface area (Å²) in [5.41, 5.74) is 6.08. The Bertz CT molecular complexity index is 214. The first-order chi connectivity index (χ1) is 7.69. The van der Waals surface area contributed by atoms with Crippen molar-refractivity contribution in [3.8, 4) is 0 Å². The van der Waals surface area contributed by atoms with Gasteiger partial charge in [0.2, 0.25) is 5.91 Å². The van der Waals surface area contributed by atoms with Crippen LogP contribution in [0.4, 0.5) is 0 Å². The zero-order valence-electron chi connectivity index (χ0n) is 10.7. The average molecular weight is 226 g/mol. The molecule has 3 N–H and O–H groups in total. The zero-order chi connectivity index (χ0) is 12.0. The molecule has 0 bridgehead atoms. The molecule has 0 spiro atoms. The van der Waals surface area contributed by atoms with E-state index >= 15 is 0 Å². The lowest BCUT2D eigenvalue weighted by Crippen LogP contribution is -2.44. The Morgan fingerprint density at radius 3 is 2.50 bits per heavy atom. The number of nitrogens with one attached hydrogen (secondary N) is 1. The van der Waals surface area contributed by atoms with Crippen molar-refractivity contribution in [3.05, 3.63) is 0 Å². The molecule has 0 saturated heterocycles. The molecule has 94 valence electrons. The predicted molar refractivity (Wildman–Crippen MR) is 67.1 cm³/mol. The van der Waals surface area contributed by atoms with Gasteiger partial charge in [-0.15, -0.1) is 0 Å². The summed E-state index contributed by atoms with van der Waals surface area (Å²) >= 11 is 0. The van der Waals surface area contributed by atoms with Crippen molar-refractivity contribution in [3.63, 3.8) is 0 Å². The summed E-state index contributed by atoms with van der Waals surface area (Å²) in [6.45, 7) is 4.23. The van der Waals surface area contributed by atoms with Gasteiger partial charge >= 0.3 is 0 Å². The standard InChI is InChI=1S/C13H26N2O/c1-3-10(4-2)15-13(16)11-8-6-5-7-9-12(11)14/h10-12H,3-9,14H2,1-2H3,(H,15,16). The first-order valence-electron chi connectivity index (χ1n) is 6.75. The Hall–Kier alpha value is -0.570. The molecule has 16 heavy (non-hydrogen) atoms. The van der Waals surface area contributed by atoms with Crippen molar-refractivity contribution in [1.82, 2.24) is 5.32 Å². The van der Waals surface area contributed by atoms with Crippen LogP contribution in [0.1, 0.15) is 58.8 Å². The van der Waals surface area contributed by atoms with Gasteiger partial charge in [0.05, 0.1) is 5.92 Å². The van der Waals surface area contributed by atoms with E-state index in [0.717, 1.165) is 32.1 Å². The number of rotatable bonds is 4. The smallest absolute Gasteiger partial charge is 0.224 e. The Morgan fingerprint density at radius 1 is 1.25 bits per heavy atom. The summed E-state index contributed by atoms with van der Waals surface area (Å²) in [5, 5.41) is 3.13. The molecule has 1 fully saturated rings. The van der Waals surface area contributed by atoms with Gasteiger partial charge in [0.25, 0.3) is 0 Å². The fourth-order valence-electron chi connectivity index (χ4n) is 2.46. The van der Waals surface area contributed by atoms with Crippen LogP contribution in [0.3, 0.4) is 0 Å². The molecule has 3 heteroatoms. The highest BCUT2D eigenvalue weighted by Gasteiger charge is 2.27. The lowest BCUT2D eigenvalue weighted by atomic mass is 9.94. The van der Waals surface area contributed by atoms with Crippen LogP contribution in [0.2, 0.25) is 0 Å². The molecule has 1 amide bonds. The third-order valence-electron chi connectivity index (χ3n) is 3.74. The molecule has 1 saturated carbocycles. The molecule has 2 unspecified atom stereocenters. The topological polar surface area (TPSA) is 55.1 Å². The maximum atomic E-state index is 12.1. The first-order valence-corrected chi connectivity index (χ1v) is 6.75. The number of carbonyl (C=O) groups excluding carboxylic acids is 1. The number of hydrogen-bond donors (Lipinski definition) is 2. The summed E-state index contributed by atoms with van der Waals surface area (Å²) in [7, 11) is 0. The van der Waals surface area contributed by atoms with Gasteiger partial charge in [-0.05, 0) is 25.7 Å². The Morgan fingerprint density at radius 2 is 1.88 bits per heavy atom. The van der Waals surface area contributed by atoms with Crippen LogP contribution >= 0.6 is 0 Å². The van der Waals surface area contributed by atoms with Crippen LogP contribution in [0.5, 0.6) is 0 Å². The van der Waals surface area contributed by atoms with E-state index in [4.69, 9.17) is 5.73 Å². The summed E-state index contributed by atoms with van der Waals surface area (Å²) in [4.78, 5) is 12.1. The molecule has 0 heterocycles. The SMILES string of the molecule is CCC(CC)NC(=O)C1CCCCCC1N. The fourth-order valence-corrected chi connectivity index (χ4v) is 2.46. The maximum absolute atomic E-state index is 12.1. The quantitative estimate of drug-likeness (QED) is 0.722. The molecule has 2 atom stereocenters. The summed E-state index contributed by atoms with van der Waals surface area (Å²) < 4.78 is 0. The van der Waals surface area contributed by atoms with E-state index in [1.807, 2.05) is 0 Å². The average Bonchev–Trinajstić information content (AvgIpc) is 2.50. The van der Waals surface area contributed by atoms with Crippen molar-refractivity contribution in [2.45, 2.75) is 70.9 Å². The number of amides is 1. The van der Waals surface area contributed by atoms with Crippen molar-refractivity contribution in [1.29, 1.82) is 0 Å². The van der Waals surface area contributed by atoms with Crippen LogP contribution in [0.15, 0.2) is 0 Å². The van der Waals surface area contributed by atoms with Crippen molar-refractivity contribution in [2.75, 3.05) is 0 Å². The largest absolute Gasteiger partial charge is 0.353 e. The summed E-state index contributed by atoms with van der Waals surface area (Å²) in [5.74, 6) is 0.228. The Labute approximate surface area is 99.2 Å². The van der Waals surface area contributed by atoms with Crippen molar-refractivity contribution < 1.29 is 4.79 Å². The predicted octanol–water partition coefficient (Wildman–Crippen LogP) is 2.20. The van der Waals surface area contributed by atoms with Gasteiger partial charge in [0.1, 0.15) is 0 Å². The van der Waals surface area contributed by atoms with Crippen LogP contribution < -0.4 is 11.1 Å². The van der Waals surface area contributed by atoms with Crippen LogP contribution in [-0.2, 0) is 4.79 Å². The minimum Gasteiger partial charge on any atom is -0.353 e. The highest BCUT2D eigenvalue weighted by atomic mass is 16.2. The summed E-state index contributed by atoms with van der Waals surface area (Å²) in [6, 6.07) is 0.389. The van der Waals surface area contributed by atoms with Gasteiger partial charge < -0.3 is 11.1 Å². The van der Waals surface area contributed by atoms with Crippen molar-refractivity contribution in [2.24, 2.45) is 11.7 Å². The first kappa shape index (κ1) is 13.5. The highest BCUT2D eigenvalue weighted by Crippen LogP contribution is 2.22. The Kier molecular flexibility index (Phi) is 5.81. The Balaban J connectivity index is 2.50. The lowest BCUT2D eigenvalue weighted by molar-refractivity contribution is -0.126. The second kappa shape index (κ2) is 6.89. The summed E-state index contributed by atoms with van der Waals surface area (Å²) in [6.07, 6.45) is 7.52. The highest BCUT2D eigenvalue weighted by molar-refractivity contribution is 5.79. The molecule has 1 rings (SSSR count). The van der Waals surface area contributed by atoms with Crippen LogP contribution in [-0.4, -0.2) is 18.0 Å². The maximum Gasteiger partial charge on any atom is 0.224 e.